The Morgan fingerprint density at radius 1 is 1.17 bits per heavy atom. The van der Waals surface area contributed by atoms with E-state index in [0.29, 0.717) is 6.61 Å². The molecule has 0 radical (unpaired) electrons. The van der Waals surface area contributed by atoms with Crippen LogP contribution >= 0.6 is 0 Å². The molecule has 0 saturated heterocycles. The Hall–Kier alpha value is -0.0400. The van der Waals surface area contributed by atoms with Crippen molar-refractivity contribution in [2.45, 2.75) is 53.4 Å². The van der Waals surface area contributed by atoms with Gasteiger partial charge in [0.25, 0.3) is 0 Å². The van der Waals surface area contributed by atoms with Gasteiger partial charge in [0.2, 0.25) is 0 Å². The molecule has 0 aliphatic carbocycles. The topological polar surface area (TPSA) is 20.2 Å². The highest BCUT2D eigenvalue weighted by atomic mass is 16.3. The molecule has 0 heterocycles. The SMILES string of the molecule is CCC(C)CC(CC)(CC)CO. The van der Waals surface area contributed by atoms with Gasteiger partial charge in [-0.25, -0.2) is 0 Å². The second-order valence-corrected chi connectivity index (χ2v) is 4.08. The van der Waals surface area contributed by atoms with Crippen LogP contribution in [0.4, 0.5) is 0 Å². The van der Waals surface area contributed by atoms with Crippen molar-refractivity contribution in [3.8, 4) is 0 Å². The fourth-order valence-electron chi connectivity index (χ4n) is 1.71. The largest absolute Gasteiger partial charge is 0.396 e. The van der Waals surface area contributed by atoms with Crippen LogP contribution in [0.15, 0.2) is 0 Å². The predicted octanol–water partition coefficient (Wildman–Crippen LogP) is 3.22. The van der Waals surface area contributed by atoms with Gasteiger partial charge in [-0.05, 0) is 30.6 Å². The second-order valence-electron chi connectivity index (χ2n) is 4.08. The lowest BCUT2D eigenvalue weighted by molar-refractivity contribution is 0.0882. The summed E-state index contributed by atoms with van der Waals surface area (Å²) in [5, 5.41) is 9.32. The van der Waals surface area contributed by atoms with E-state index in [1.165, 1.54) is 12.8 Å². The van der Waals surface area contributed by atoms with Crippen LogP contribution in [0.25, 0.3) is 0 Å². The molecular weight excluding hydrogens is 148 g/mol. The normalized spacial score (nSPS) is 14.8. The smallest absolute Gasteiger partial charge is 0.0487 e. The molecule has 0 saturated carbocycles. The third-order valence-electron chi connectivity index (χ3n) is 3.31. The molecule has 0 aliphatic rings. The lowest BCUT2D eigenvalue weighted by atomic mass is 9.75. The molecule has 0 aromatic carbocycles. The molecule has 0 aromatic rings. The van der Waals surface area contributed by atoms with Crippen LogP contribution in [0.5, 0.6) is 0 Å². The number of aliphatic hydroxyl groups excluding tert-OH is 1. The van der Waals surface area contributed by atoms with Gasteiger partial charge in [-0.15, -0.1) is 0 Å². The Morgan fingerprint density at radius 3 is 1.92 bits per heavy atom. The average Bonchev–Trinajstić information content (AvgIpc) is 2.14. The Balaban J connectivity index is 4.09. The summed E-state index contributed by atoms with van der Waals surface area (Å²) in [6.45, 7) is 9.21. The summed E-state index contributed by atoms with van der Waals surface area (Å²) in [6.07, 6.45) is 4.60. The van der Waals surface area contributed by atoms with E-state index in [1.807, 2.05) is 0 Å². The predicted molar refractivity (Wildman–Crippen MR) is 54.2 cm³/mol. The van der Waals surface area contributed by atoms with Crippen molar-refractivity contribution in [2.75, 3.05) is 6.61 Å². The summed E-state index contributed by atoms with van der Waals surface area (Å²) in [5.74, 6) is 0.747. The van der Waals surface area contributed by atoms with E-state index in [4.69, 9.17) is 0 Å². The highest BCUT2D eigenvalue weighted by molar-refractivity contribution is 4.77. The average molecular weight is 172 g/mol. The minimum Gasteiger partial charge on any atom is -0.396 e. The third kappa shape index (κ3) is 3.14. The maximum absolute atomic E-state index is 9.32. The molecule has 0 amide bonds. The Bertz CT molecular complexity index is 97.3. The van der Waals surface area contributed by atoms with E-state index < -0.39 is 0 Å². The highest BCUT2D eigenvalue weighted by Crippen LogP contribution is 2.34. The molecule has 1 nitrogen and oxygen atoms in total. The Morgan fingerprint density at radius 2 is 1.67 bits per heavy atom. The van der Waals surface area contributed by atoms with Gasteiger partial charge in [-0.3, -0.25) is 0 Å². The van der Waals surface area contributed by atoms with Gasteiger partial charge in [-0.1, -0.05) is 34.1 Å². The van der Waals surface area contributed by atoms with Crippen LogP contribution in [-0.4, -0.2) is 11.7 Å². The van der Waals surface area contributed by atoms with Crippen LogP contribution in [0, 0.1) is 11.3 Å². The van der Waals surface area contributed by atoms with Crippen LogP contribution in [0.2, 0.25) is 0 Å². The van der Waals surface area contributed by atoms with Crippen LogP contribution < -0.4 is 0 Å². The van der Waals surface area contributed by atoms with Crippen LogP contribution in [0.3, 0.4) is 0 Å². The Labute approximate surface area is 77.2 Å². The van der Waals surface area contributed by atoms with Crippen LogP contribution in [-0.2, 0) is 0 Å². The molecule has 0 rings (SSSR count). The summed E-state index contributed by atoms with van der Waals surface area (Å²) in [4.78, 5) is 0. The second kappa shape index (κ2) is 5.58. The Kier molecular flexibility index (Phi) is 5.56. The highest BCUT2D eigenvalue weighted by Gasteiger charge is 2.26. The standard InChI is InChI=1S/C11H24O/c1-5-10(4)8-11(6-2,7-3)9-12/h10,12H,5-9H2,1-4H3. The third-order valence-corrected chi connectivity index (χ3v) is 3.31. The van der Waals surface area contributed by atoms with E-state index in [0.717, 1.165) is 18.8 Å². The summed E-state index contributed by atoms with van der Waals surface area (Å²) in [7, 11) is 0. The number of aliphatic hydroxyl groups is 1. The van der Waals surface area contributed by atoms with E-state index in [2.05, 4.69) is 27.7 Å². The lowest BCUT2D eigenvalue weighted by Crippen LogP contribution is -2.26. The molecule has 1 atom stereocenters. The molecule has 0 aromatic heterocycles. The summed E-state index contributed by atoms with van der Waals surface area (Å²) >= 11 is 0. The zero-order chi connectivity index (χ0) is 9.61. The molecule has 1 heteroatoms. The van der Waals surface area contributed by atoms with Crippen LogP contribution in [0.1, 0.15) is 53.4 Å². The minimum atomic E-state index is 0.204. The number of hydrogen-bond donors (Lipinski definition) is 1. The summed E-state index contributed by atoms with van der Waals surface area (Å²) < 4.78 is 0. The quantitative estimate of drug-likeness (QED) is 0.652. The molecule has 0 spiro atoms. The molecule has 74 valence electrons. The van der Waals surface area contributed by atoms with Gasteiger partial charge >= 0.3 is 0 Å². The van der Waals surface area contributed by atoms with Crippen molar-refractivity contribution in [3.63, 3.8) is 0 Å². The van der Waals surface area contributed by atoms with Crippen molar-refractivity contribution in [3.05, 3.63) is 0 Å². The lowest BCUT2D eigenvalue weighted by Gasteiger charge is -2.31. The monoisotopic (exact) mass is 172 g/mol. The first-order chi connectivity index (χ1) is 5.64. The van der Waals surface area contributed by atoms with Crippen molar-refractivity contribution >= 4 is 0 Å². The molecule has 0 aliphatic heterocycles. The van der Waals surface area contributed by atoms with Crippen molar-refractivity contribution in [2.24, 2.45) is 11.3 Å². The van der Waals surface area contributed by atoms with Crippen molar-refractivity contribution < 1.29 is 5.11 Å². The van der Waals surface area contributed by atoms with Gasteiger partial charge in [-0.2, -0.15) is 0 Å². The minimum absolute atomic E-state index is 0.204. The maximum atomic E-state index is 9.32. The van der Waals surface area contributed by atoms with Crippen molar-refractivity contribution in [1.82, 2.24) is 0 Å². The van der Waals surface area contributed by atoms with Gasteiger partial charge in [0, 0.05) is 6.61 Å². The fraction of sp³-hybridized carbons (Fsp3) is 1.00. The van der Waals surface area contributed by atoms with Gasteiger partial charge in [0.05, 0.1) is 0 Å². The van der Waals surface area contributed by atoms with E-state index in [9.17, 15) is 5.11 Å². The van der Waals surface area contributed by atoms with E-state index in [1.54, 1.807) is 0 Å². The molecule has 0 fully saturated rings. The van der Waals surface area contributed by atoms with Gasteiger partial charge < -0.3 is 5.11 Å². The van der Waals surface area contributed by atoms with Gasteiger partial charge in [0.1, 0.15) is 0 Å². The van der Waals surface area contributed by atoms with Crippen molar-refractivity contribution in [1.29, 1.82) is 0 Å². The fourth-order valence-corrected chi connectivity index (χ4v) is 1.71. The molecule has 1 unspecified atom stereocenters. The maximum Gasteiger partial charge on any atom is 0.0487 e. The molecule has 1 N–H and O–H groups in total. The number of rotatable bonds is 6. The summed E-state index contributed by atoms with van der Waals surface area (Å²) in [6, 6.07) is 0. The molecule has 0 bridgehead atoms. The zero-order valence-electron chi connectivity index (χ0n) is 9.06. The van der Waals surface area contributed by atoms with E-state index in [-0.39, 0.29) is 5.41 Å². The van der Waals surface area contributed by atoms with E-state index >= 15 is 0 Å². The first-order valence-electron chi connectivity index (χ1n) is 5.25. The molecular formula is C11H24O. The first-order valence-corrected chi connectivity index (χ1v) is 5.25. The first kappa shape index (κ1) is 12.0. The van der Waals surface area contributed by atoms with Gasteiger partial charge in [0.15, 0.2) is 0 Å². The molecule has 12 heavy (non-hydrogen) atoms. The zero-order valence-corrected chi connectivity index (χ0v) is 9.06. The number of hydrogen-bond acceptors (Lipinski definition) is 1. The summed E-state index contributed by atoms with van der Waals surface area (Å²) in [5.41, 5.74) is 0.204.